The Hall–Kier alpha value is -3.69. The summed E-state index contributed by atoms with van der Waals surface area (Å²) >= 11 is 12.2. The maximum atomic E-state index is 13.8. The Bertz CT molecular complexity index is 1480. The molecule has 1 heterocycles. The lowest BCUT2D eigenvalue weighted by atomic mass is 10.2. The van der Waals surface area contributed by atoms with Gasteiger partial charge in [-0.2, -0.15) is 13.2 Å². The van der Waals surface area contributed by atoms with E-state index in [4.69, 9.17) is 37.1 Å². The van der Waals surface area contributed by atoms with Gasteiger partial charge in [-0.05, 0) is 48.5 Å². The van der Waals surface area contributed by atoms with Gasteiger partial charge in [0.25, 0.3) is 5.76 Å². The maximum absolute atomic E-state index is 13.8. The number of hydrogen-bond donors (Lipinski definition) is 0. The fourth-order valence-electron chi connectivity index (χ4n) is 3.25. The molecule has 186 valence electrons. The molecule has 0 saturated heterocycles. The van der Waals surface area contributed by atoms with Crippen molar-refractivity contribution in [2.45, 2.75) is 12.8 Å². The third kappa shape index (κ3) is 5.27. The second-order valence-electron chi connectivity index (χ2n) is 7.35. The van der Waals surface area contributed by atoms with E-state index in [9.17, 15) is 22.8 Å². The van der Waals surface area contributed by atoms with E-state index in [2.05, 4.69) is 4.74 Å². The van der Waals surface area contributed by atoms with Gasteiger partial charge in [0.1, 0.15) is 23.7 Å². The van der Waals surface area contributed by atoms with Crippen molar-refractivity contribution in [3.8, 4) is 17.2 Å². The average molecular weight is 539 g/mol. The number of halogens is 5. The molecule has 0 saturated carbocycles. The Labute approximate surface area is 211 Å². The summed E-state index contributed by atoms with van der Waals surface area (Å²) in [5.41, 5.74) is -0.762. The molecule has 0 spiro atoms. The van der Waals surface area contributed by atoms with Crippen LogP contribution >= 0.6 is 23.2 Å². The molecule has 0 aliphatic carbocycles. The van der Waals surface area contributed by atoms with E-state index in [0.29, 0.717) is 15.6 Å². The number of carbonyl (C=O) groups excluding carboxylic acids is 1. The van der Waals surface area contributed by atoms with E-state index in [1.54, 1.807) is 18.2 Å². The molecule has 0 amide bonds. The summed E-state index contributed by atoms with van der Waals surface area (Å²) in [6, 6.07) is 13.7. The Morgan fingerprint density at radius 1 is 0.972 bits per heavy atom. The highest BCUT2D eigenvalue weighted by molar-refractivity contribution is 6.35. The minimum atomic E-state index is -5.05. The molecule has 1 aromatic heterocycles. The Kier molecular flexibility index (Phi) is 7.14. The van der Waals surface area contributed by atoms with Crippen LogP contribution in [0, 0.1) is 0 Å². The van der Waals surface area contributed by atoms with Crippen LogP contribution in [0.15, 0.2) is 69.9 Å². The summed E-state index contributed by atoms with van der Waals surface area (Å²) in [6.45, 7) is -0.0663. The minimum absolute atomic E-state index is 0.0663. The van der Waals surface area contributed by atoms with E-state index in [1.807, 2.05) is 0 Å². The summed E-state index contributed by atoms with van der Waals surface area (Å²) < 4.78 is 61.9. The van der Waals surface area contributed by atoms with Gasteiger partial charge in [-0.1, -0.05) is 29.3 Å². The number of esters is 1. The van der Waals surface area contributed by atoms with Crippen molar-refractivity contribution in [1.29, 1.82) is 0 Å². The van der Waals surface area contributed by atoms with E-state index >= 15 is 0 Å². The first-order chi connectivity index (χ1) is 17.1. The van der Waals surface area contributed by atoms with Crippen molar-refractivity contribution in [1.82, 2.24) is 0 Å². The van der Waals surface area contributed by atoms with Crippen molar-refractivity contribution in [3.63, 3.8) is 0 Å². The van der Waals surface area contributed by atoms with Gasteiger partial charge in [-0.25, -0.2) is 4.79 Å². The lowest BCUT2D eigenvalue weighted by Crippen LogP contribution is -2.15. The maximum Gasteiger partial charge on any atom is 0.453 e. The fraction of sp³-hybridized carbons (Fsp3) is 0.120. The molecule has 0 N–H and O–H groups in total. The second kappa shape index (κ2) is 10.1. The van der Waals surface area contributed by atoms with E-state index in [0.717, 1.165) is 6.07 Å². The lowest BCUT2D eigenvalue weighted by molar-refractivity contribution is -0.154. The van der Waals surface area contributed by atoms with Crippen molar-refractivity contribution in [2.24, 2.45) is 0 Å². The summed E-state index contributed by atoms with van der Waals surface area (Å²) in [5.74, 6) is -3.29. The number of methoxy groups -OCH3 is 1. The monoisotopic (exact) mass is 538 g/mol. The number of alkyl halides is 3. The van der Waals surface area contributed by atoms with Crippen LogP contribution in [0.3, 0.4) is 0 Å². The smallest absolute Gasteiger partial charge is 0.453 e. The molecule has 0 aliphatic rings. The second-order valence-corrected chi connectivity index (χ2v) is 8.17. The third-order valence-electron chi connectivity index (χ3n) is 5.02. The van der Waals surface area contributed by atoms with Crippen LogP contribution < -0.4 is 14.9 Å². The molecule has 6 nitrogen and oxygen atoms in total. The molecule has 0 fully saturated rings. The molecule has 4 rings (SSSR count). The van der Waals surface area contributed by atoms with E-state index < -0.39 is 29.1 Å². The molecule has 0 aliphatic heterocycles. The van der Waals surface area contributed by atoms with Crippen molar-refractivity contribution < 1.29 is 36.6 Å². The van der Waals surface area contributed by atoms with Gasteiger partial charge in [-0.15, -0.1) is 0 Å². The summed E-state index contributed by atoms with van der Waals surface area (Å²) in [6.07, 6.45) is -5.05. The normalized spacial score (nSPS) is 11.4. The first-order valence-corrected chi connectivity index (χ1v) is 10.9. The summed E-state index contributed by atoms with van der Waals surface area (Å²) in [5, 5.41) is 0.554. The molecular formula is C25H15Cl2F3O6. The van der Waals surface area contributed by atoms with Crippen LogP contribution in [0.5, 0.6) is 17.2 Å². The van der Waals surface area contributed by atoms with Crippen molar-refractivity contribution in [3.05, 3.63) is 97.8 Å². The van der Waals surface area contributed by atoms with Gasteiger partial charge in [0.05, 0.1) is 18.1 Å². The van der Waals surface area contributed by atoms with Gasteiger partial charge in [-0.3, -0.25) is 4.79 Å². The molecule has 3 aromatic carbocycles. The SMILES string of the molecule is COC(=O)c1ccc(Oc2c(C(F)(F)F)oc3cc(OCc4c(Cl)cccc4Cl)ccc3c2=O)cc1. The zero-order chi connectivity index (χ0) is 26.0. The highest BCUT2D eigenvalue weighted by Crippen LogP contribution is 2.39. The molecule has 0 radical (unpaired) electrons. The molecule has 4 aromatic rings. The quantitative estimate of drug-likeness (QED) is 0.240. The van der Waals surface area contributed by atoms with Gasteiger partial charge in [0.15, 0.2) is 0 Å². The zero-order valence-corrected chi connectivity index (χ0v) is 19.8. The first-order valence-electron chi connectivity index (χ1n) is 10.2. The van der Waals surface area contributed by atoms with Crippen LogP contribution in [-0.2, 0) is 17.5 Å². The molecule has 36 heavy (non-hydrogen) atoms. The summed E-state index contributed by atoms with van der Waals surface area (Å²) in [7, 11) is 1.19. The van der Waals surface area contributed by atoms with Crippen LogP contribution in [-0.4, -0.2) is 13.1 Å². The van der Waals surface area contributed by atoms with Gasteiger partial charge >= 0.3 is 12.1 Å². The number of rotatable bonds is 6. The fourth-order valence-corrected chi connectivity index (χ4v) is 3.75. The Morgan fingerprint density at radius 2 is 1.61 bits per heavy atom. The highest BCUT2D eigenvalue weighted by atomic mass is 35.5. The number of ether oxygens (including phenoxy) is 3. The van der Waals surface area contributed by atoms with Crippen LogP contribution in [0.1, 0.15) is 21.7 Å². The zero-order valence-electron chi connectivity index (χ0n) is 18.3. The van der Waals surface area contributed by atoms with Gasteiger partial charge in [0, 0.05) is 21.7 Å². The molecular weight excluding hydrogens is 524 g/mol. The van der Waals surface area contributed by atoms with Crippen LogP contribution in [0.2, 0.25) is 10.0 Å². The molecule has 0 atom stereocenters. The Balaban J connectivity index is 1.70. The predicted molar refractivity (Wildman–Crippen MR) is 126 cm³/mol. The summed E-state index contributed by atoms with van der Waals surface area (Å²) in [4.78, 5) is 24.5. The van der Waals surface area contributed by atoms with E-state index in [1.165, 1.54) is 43.5 Å². The number of benzene rings is 3. The van der Waals surface area contributed by atoms with Crippen LogP contribution in [0.25, 0.3) is 11.0 Å². The van der Waals surface area contributed by atoms with Gasteiger partial charge in [0.2, 0.25) is 11.2 Å². The van der Waals surface area contributed by atoms with E-state index in [-0.39, 0.29) is 34.6 Å². The molecule has 0 unspecified atom stereocenters. The van der Waals surface area contributed by atoms with Crippen molar-refractivity contribution in [2.75, 3.05) is 7.11 Å². The Morgan fingerprint density at radius 3 is 2.22 bits per heavy atom. The molecule has 0 bridgehead atoms. The topological polar surface area (TPSA) is 75.0 Å². The number of carbonyl (C=O) groups is 1. The van der Waals surface area contributed by atoms with Gasteiger partial charge < -0.3 is 18.6 Å². The number of hydrogen-bond acceptors (Lipinski definition) is 6. The average Bonchev–Trinajstić information content (AvgIpc) is 2.84. The lowest BCUT2D eigenvalue weighted by Gasteiger charge is -2.14. The number of fused-ring (bicyclic) bond motifs is 1. The van der Waals surface area contributed by atoms with Crippen molar-refractivity contribution >= 4 is 40.1 Å². The highest BCUT2D eigenvalue weighted by Gasteiger charge is 2.40. The minimum Gasteiger partial charge on any atom is -0.489 e. The predicted octanol–water partition coefficient (Wildman–Crippen LogP) is 7.28. The molecule has 11 heteroatoms. The first kappa shape index (κ1) is 25.4. The standard InChI is InChI=1S/C25H15Cl2F3O6/c1-33-24(32)13-5-7-14(8-6-13)35-22-21(31)16-10-9-15(11-20(16)36-23(22)25(28,29)30)34-12-17-18(26)3-2-4-19(17)27/h2-11H,12H2,1H3. The third-order valence-corrected chi connectivity index (χ3v) is 5.73. The van der Waals surface area contributed by atoms with Crippen LogP contribution in [0.4, 0.5) is 13.2 Å². The largest absolute Gasteiger partial charge is 0.489 e.